The maximum atomic E-state index is 12.9. The van der Waals surface area contributed by atoms with Crippen molar-refractivity contribution in [3.05, 3.63) is 29.8 Å². The Balaban J connectivity index is 1.43. The number of nitrogens with one attached hydrogen (secondary N) is 2. The molecule has 1 saturated carbocycles. The number of benzene rings is 1. The van der Waals surface area contributed by atoms with Gasteiger partial charge < -0.3 is 10.1 Å². The van der Waals surface area contributed by atoms with E-state index in [-0.39, 0.29) is 24.4 Å². The van der Waals surface area contributed by atoms with Gasteiger partial charge in [0.25, 0.3) is 11.8 Å². The molecule has 4 rings (SSSR count). The molecule has 2 aliphatic heterocycles. The lowest BCUT2D eigenvalue weighted by molar-refractivity contribution is -0.140. The second-order valence-electron chi connectivity index (χ2n) is 8.86. The first kappa shape index (κ1) is 21.6. The highest BCUT2D eigenvalue weighted by molar-refractivity contribution is 6.08. The van der Waals surface area contributed by atoms with Crippen LogP contribution >= 0.6 is 0 Å². The van der Waals surface area contributed by atoms with E-state index in [0.29, 0.717) is 12.8 Å². The van der Waals surface area contributed by atoms with E-state index in [4.69, 9.17) is 4.74 Å². The van der Waals surface area contributed by atoms with E-state index in [1.165, 1.54) is 0 Å². The van der Waals surface area contributed by atoms with E-state index >= 15 is 0 Å². The van der Waals surface area contributed by atoms with Crippen molar-refractivity contribution >= 4 is 17.8 Å². The van der Waals surface area contributed by atoms with Gasteiger partial charge in [0, 0.05) is 6.04 Å². The van der Waals surface area contributed by atoms with Gasteiger partial charge in [-0.25, -0.2) is 4.79 Å². The zero-order valence-corrected chi connectivity index (χ0v) is 18.2. The highest BCUT2D eigenvalue weighted by Gasteiger charge is 2.52. The van der Waals surface area contributed by atoms with Gasteiger partial charge in [0.1, 0.15) is 11.3 Å². The maximum Gasteiger partial charge on any atom is 0.344 e. The lowest BCUT2D eigenvalue weighted by Crippen LogP contribution is -2.52. The van der Waals surface area contributed by atoms with Crippen LogP contribution < -0.4 is 15.5 Å². The Morgan fingerprint density at radius 3 is 2.52 bits per heavy atom. The molecular formula is C23H32N4O4. The number of nitrogens with zero attached hydrogens (tertiary/aromatic N) is 2. The summed E-state index contributed by atoms with van der Waals surface area (Å²) in [5.41, 5.74) is 2.89. The van der Waals surface area contributed by atoms with Crippen LogP contribution in [0.1, 0.15) is 69.4 Å². The van der Waals surface area contributed by atoms with Gasteiger partial charge in [-0.3, -0.25) is 19.9 Å². The topological polar surface area (TPSA) is 91.0 Å². The summed E-state index contributed by atoms with van der Waals surface area (Å²) >= 11 is 0. The number of hydrazine groups is 1. The summed E-state index contributed by atoms with van der Waals surface area (Å²) in [6.45, 7) is 0.939. The van der Waals surface area contributed by atoms with Gasteiger partial charge in [0.05, 0.1) is 13.7 Å². The van der Waals surface area contributed by atoms with Crippen LogP contribution in [0.25, 0.3) is 0 Å². The molecule has 4 amide bonds. The van der Waals surface area contributed by atoms with Gasteiger partial charge in [-0.2, -0.15) is 5.01 Å². The van der Waals surface area contributed by atoms with Crippen LogP contribution in [-0.2, 0) is 9.59 Å². The smallest absolute Gasteiger partial charge is 0.344 e. The summed E-state index contributed by atoms with van der Waals surface area (Å²) in [5, 5.41) is 3.73. The largest absolute Gasteiger partial charge is 0.497 e. The van der Waals surface area contributed by atoms with Gasteiger partial charge >= 0.3 is 6.03 Å². The molecule has 1 aromatic rings. The van der Waals surface area contributed by atoms with Gasteiger partial charge in [-0.1, -0.05) is 44.2 Å². The average Bonchev–Trinajstić information content (AvgIpc) is 2.94. The molecule has 31 heavy (non-hydrogen) atoms. The first-order valence-corrected chi connectivity index (χ1v) is 11.4. The Bertz CT molecular complexity index is 819. The zero-order valence-electron chi connectivity index (χ0n) is 18.2. The van der Waals surface area contributed by atoms with Gasteiger partial charge in [-0.05, 0) is 49.9 Å². The van der Waals surface area contributed by atoms with Crippen molar-refractivity contribution in [2.75, 3.05) is 20.2 Å². The molecule has 1 aliphatic carbocycles. The number of hydrogen-bond donors (Lipinski definition) is 2. The molecule has 3 aliphatic rings. The quantitative estimate of drug-likeness (QED) is 0.704. The average molecular weight is 429 g/mol. The van der Waals surface area contributed by atoms with Crippen molar-refractivity contribution < 1.29 is 19.1 Å². The second kappa shape index (κ2) is 9.26. The van der Waals surface area contributed by atoms with Crippen molar-refractivity contribution in [2.24, 2.45) is 0 Å². The van der Waals surface area contributed by atoms with Crippen LogP contribution in [0.15, 0.2) is 24.3 Å². The third-order valence-corrected chi connectivity index (χ3v) is 6.82. The van der Waals surface area contributed by atoms with Crippen LogP contribution in [0.2, 0.25) is 0 Å². The standard InChI is InChI=1S/C23H32N4O4/c1-31-18-11-9-17(10-12-18)19-8-4-2-7-15-26(19)16-20(28)25-27-21(29)23(24-22(27)30)13-5-3-6-14-23/h9-12,19H,2-8,13-16H2,1H3,(H,24,30)(H,25,28)/t19-/m1/s1. The summed E-state index contributed by atoms with van der Waals surface area (Å²) in [4.78, 5) is 40.4. The van der Waals surface area contributed by atoms with E-state index in [0.717, 1.165) is 67.8 Å². The molecule has 0 aromatic heterocycles. The Kier molecular flexibility index (Phi) is 6.46. The van der Waals surface area contributed by atoms with Crippen molar-refractivity contribution in [3.8, 4) is 5.75 Å². The Hall–Kier alpha value is -2.61. The second-order valence-corrected chi connectivity index (χ2v) is 8.86. The van der Waals surface area contributed by atoms with E-state index in [2.05, 4.69) is 15.6 Å². The summed E-state index contributed by atoms with van der Waals surface area (Å²) in [7, 11) is 1.64. The monoisotopic (exact) mass is 428 g/mol. The van der Waals surface area contributed by atoms with Gasteiger partial charge in [-0.15, -0.1) is 0 Å². The molecule has 2 saturated heterocycles. The molecule has 0 radical (unpaired) electrons. The molecule has 1 aromatic carbocycles. The minimum atomic E-state index is -0.836. The summed E-state index contributed by atoms with van der Waals surface area (Å²) in [5.74, 6) is 0.141. The van der Waals surface area contributed by atoms with Crippen LogP contribution in [0.4, 0.5) is 4.79 Å². The third-order valence-electron chi connectivity index (χ3n) is 6.82. The molecular weight excluding hydrogens is 396 g/mol. The fourth-order valence-corrected chi connectivity index (χ4v) is 5.12. The number of imide groups is 1. The van der Waals surface area contributed by atoms with Crippen molar-refractivity contribution in [1.82, 2.24) is 20.7 Å². The highest BCUT2D eigenvalue weighted by Crippen LogP contribution is 2.33. The number of methoxy groups -OCH3 is 1. The SMILES string of the molecule is COc1ccc([C@H]2CCCCCN2CC(=O)NN2C(=O)NC3(CCCCC3)C2=O)cc1. The fraction of sp³-hybridized carbons (Fsp3) is 0.609. The van der Waals surface area contributed by atoms with E-state index in [1.807, 2.05) is 24.3 Å². The predicted octanol–water partition coefficient (Wildman–Crippen LogP) is 2.90. The van der Waals surface area contributed by atoms with Gasteiger partial charge in [0.15, 0.2) is 0 Å². The molecule has 2 heterocycles. The number of amides is 4. The number of hydrogen-bond acceptors (Lipinski definition) is 5. The molecule has 168 valence electrons. The lowest BCUT2D eigenvalue weighted by Gasteiger charge is -2.31. The summed E-state index contributed by atoms with van der Waals surface area (Å²) in [6, 6.07) is 7.56. The summed E-state index contributed by atoms with van der Waals surface area (Å²) in [6.07, 6.45) is 8.36. The van der Waals surface area contributed by atoms with Crippen molar-refractivity contribution in [2.45, 2.75) is 69.4 Å². The fourth-order valence-electron chi connectivity index (χ4n) is 5.12. The first-order valence-electron chi connectivity index (χ1n) is 11.4. The van der Waals surface area contributed by atoms with E-state index in [9.17, 15) is 14.4 Å². The molecule has 8 nitrogen and oxygen atoms in total. The first-order chi connectivity index (χ1) is 15.0. The Morgan fingerprint density at radius 2 is 1.81 bits per heavy atom. The van der Waals surface area contributed by atoms with Crippen molar-refractivity contribution in [3.63, 3.8) is 0 Å². The minimum Gasteiger partial charge on any atom is -0.497 e. The van der Waals surface area contributed by atoms with Crippen molar-refractivity contribution in [1.29, 1.82) is 0 Å². The normalized spacial score (nSPS) is 24.0. The number of urea groups is 1. The third kappa shape index (κ3) is 4.54. The number of likely N-dealkylation sites (tertiary alicyclic amines) is 1. The molecule has 8 heteroatoms. The van der Waals surface area contributed by atoms with E-state index in [1.54, 1.807) is 7.11 Å². The predicted molar refractivity (Wildman–Crippen MR) is 115 cm³/mol. The number of ether oxygens (including phenoxy) is 1. The molecule has 1 spiro atoms. The Labute approximate surface area is 183 Å². The zero-order chi connectivity index (χ0) is 21.8. The lowest BCUT2D eigenvalue weighted by atomic mass is 9.82. The van der Waals surface area contributed by atoms with Crippen LogP contribution in [-0.4, -0.2) is 53.5 Å². The maximum absolute atomic E-state index is 12.9. The van der Waals surface area contributed by atoms with Gasteiger partial charge in [0.2, 0.25) is 0 Å². The molecule has 3 fully saturated rings. The number of carbonyl (C=O) groups is 3. The molecule has 0 unspecified atom stereocenters. The van der Waals surface area contributed by atoms with Crippen LogP contribution in [0.5, 0.6) is 5.75 Å². The number of rotatable bonds is 5. The van der Waals surface area contributed by atoms with E-state index < -0.39 is 11.6 Å². The molecule has 2 N–H and O–H groups in total. The van der Waals surface area contributed by atoms with Crippen LogP contribution in [0, 0.1) is 0 Å². The molecule has 0 bridgehead atoms. The van der Waals surface area contributed by atoms with Crippen LogP contribution in [0.3, 0.4) is 0 Å². The highest BCUT2D eigenvalue weighted by atomic mass is 16.5. The Morgan fingerprint density at radius 1 is 1.10 bits per heavy atom. The number of carbonyl (C=O) groups excluding carboxylic acids is 3. The molecule has 1 atom stereocenters. The minimum absolute atomic E-state index is 0.118. The summed E-state index contributed by atoms with van der Waals surface area (Å²) < 4.78 is 5.26.